The molecule has 1 heterocycles. The Labute approximate surface area is 117 Å². The molecule has 0 bridgehead atoms. The second-order valence-corrected chi connectivity index (χ2v) is 7.14. The number of aromatic hydroxyl groups is 1. The van der Waals surface area contributed by atoms with Crippen molar-refractivity contribution in [2.75, 3.05) is 4.72 Å². The summed E-state index contributed by atoms with van der Waals surface area (Å²) >= 11 is 6.52. The monoisotopic (exact) mass is 322 g/mol. The summed E-state index contributed by atoms with van der Waals surface area (Å²) in [5, 5.41) is 9.89. The molecule has 1 aromatic heterocycles. The number of sulfonamides is 1. The van der Waals surface area contributed by atoms with E-state index < -0.39 is 21.6 Å². The molecule has 0 spiro atoms. The third kappa shape index (κ3) is 2.96. The van der Waals surface area contributed by atoms with E-state index in [-0.39, 0.29) is 14.9 Å². The Balaban J connectivity index is 2.41. The van der Waals surface area contributed by atoms with Crippen LogP contribution in [-0.4, -0.2) is 18.5 Å². The fourth-order valence-electron chi connectivity index (χ4n) is 1.30. The van der Waals surface area contributed by atoms with Gasteiger partial charge in [0, 0.05) is 6.07 Å². The number of hydrogen-bond donors (Lipinski definition) is 2. The standard InChI is InChI=1S/C10H8ClFN2O3S2/c1-5-13-4-9(18-5)19(16,17)14-8-3-6(12)2-7(11)10(8)15/h2-4,14-15H,1H3. The molecule has 0 fully saturated rings. The summed E-state index contributed by atoms with van der Waals surface area (Å²) in [5.41, 5.74) is -0.323. The van der Waals surface area contributed by atoms with E-state index in [0.29, 0.717) is 5.01 Å². The van der Waals surface area contributed by atoms with E-state index in [2.05, 4.69) is 9.71 Å². The molecule has 5 nitrogen and oxygen atoms in total. The van der Waals surface area contributed by atoms with Gasteiger partial charge in [0.2, 0.25) is 0 Å². The van der Waals surface area contributed by atoms with Crippen molar-refractivity contribution in [2.45, 2.75) is 11.1 Å². The van der Waals surface area contributed by atoms with Gasteiger partial charge in [-0.2, -0.15) is 0 Å². The molecular formula is C10H8ClFN2O3S2. The summed E-state index contributed by atoms with van der Waals surface area (Å²) in [6, 6.07) is 1.72. The first-order valence-electron chi connectivity index (χ1n) is 4.93. The van der Waals surface area contributed by atoms with Crippen LogP contribution in [0, 0.1) is 12.7 Å². The Morgan fingerprint density at radius 1 is 1.47 bits per heavy atom. The topological polar surface area (TPSA) is 79.3 Å². The molecule has 9 heteroatoms. The van der Waals surface area contributed by atoms with E-state index in [1.54, 1.807) is 6.92 Å². The minimum absolute atomic E-state index is 0.0372. The van der Waals surface area contributed by atoms with Crippen LogP contribution in [-0.2, 0) is 10.0 Å². The fourth-order valence-corrected chi connectivity index (χ4v) is 3.68. The smallest absolute Gasteiger partial charge is 0.273 e. The highest BCUT2D eigenvalue weighted by Gasteiger charge is 2.20. The number of thiazole rings is 1. The average Bonchev–Trinajstić information content (AvgIpc) is 2.72. The maximum Gasteiger partial charge on any atom is 0.273 e. The lowest BCUT2D eigenvalue weighted by Crippen LogP contribution is -2.11. The van der Waals surface area contributed by atoms with Gasteiger partial charge in [-0.25, -0.2) is 17.8 Å². The van der Waals surface area contributed by atoms with Gasteiger partial charge in [0.15, 0.2) is 9.96 Å². The zero-order valence-corrected chi connectivity index (χ0v) is 11.9. The van der Waals surface area contributed by atoms with Crippen LogP contribution in [0.3, 0.4) is 0 Å². The van der Waals surface area contributed by atoms with Crippen molar-refractivity contribution in [3.05, 3.63) is 34.2 Å². The van der Waals surface area contributed by atoms with Gasteiger partial charge < -0.3 is 5.11 Å². The van der Waals surface area contributed by atoms with Crippen LogP contribution in [0.25, 0.3) is 0 Å². The fraction of sp³-hybridized carbons (Fsp3) is 0.100. The summed E-state index contributed by atoms with van der Waals surface area (Å²) in [6.45, 7) is 1.65. The van der Waals surface area contributed by atoms with Gasteiger partial charge in [-0.15, -0.1) is 11.3 Å². The molecule has 19 heavy (non-hydrogen) atoms. The molecule has 102 valence electrons. The number of phenolic OH excluding ortho intramolecular Hbond substituents is 1. The molecule has 2 N–H and O–H groups in total. The molecule has 0 aliphatic heterocycles. The van der Waals surface area contributed by atoms with Crippen LogP contribution in [0.15, 0.2) is 22.5 Å². The number of aryl methyl sites for hydroxylation is 1. The Morgan fingerprint density at radius 2 is 2.16 bits per heavy atom. The minimum atomic E-state index is -3.93. The largest absolute Gasteiger partial charge is 0.504 e. The van der Waals surface area contributed by atoms with Crippen LogP contribution in [0.1, 0.15) is 5.01 Å². The van der Waals surface area contributed by atoms with E-state index >= 15 is 0 Å². The lowest BCUT2D eigenvalue weighted by Gasteiger charge is -2.09. The first-order chi connectivity index (χ1) is 8.79. The SMILES string of the molecule is Cc1ncc(S(=O)(=O)Nc2cc(F)cc(Cl)c2O)s1. The number of phenols is 1. The predicted molar refractivity (Wildman–Crippen MR) is 70.7 cm³/mol. The lowest BCUT2D eigenvalue weighted by atomic mass is 10.3. The van der Waals surface area contributed by atoms with Crippen LogP contribution < -0.4 is 4.72 Å². The van der Waals surface area contributed by atoms with E-state index in [1.165, 1.54) is 6.20 Å². The van der Waals surface area contributed by atoms with Crippen LogP contribution >= 0.6 is 22.9 Å². The van der Waals surface area contributed by atoms with Gasteiger partial charge in [0.25, 0.3) is 10.0 Å². The number of halogens is 2. The number of nitrogens with one attached hydrogen (secondary N) is 1. The van der Waals surface area contributed by atoms with Gasteiger partial charge in [0.05, 0.1) is 21.9 Å². The third-order valence-electron chi connectivity index (χ3n) is 2.14. The number of hydrogen-bond acceptors (Lipinski definition) is 5. The molecule has 0 atom stereocenters. The van der Waals surface area contributed by atoms with E-state index in [1.807, 2.05) is 0 Å². The number of nitrogens with zero attached hydrogens (tertiary/aromatic N) is 1. The molecule has 0 saturated carbocycles. The number of benzene rings is 1. The van der Waals surface area contributed by atoms with E-state index in [0.717, 1.165) is 23.5 Å². The third-order valence-corrected chi connectivity index (χ3v) is 5.16. The first-order valence-corrected chi connectivity index (χ1v) is 7.60. The Morgan fingerprint density at radius 3 is 2.74 bits per heavy atom. The lowest BCUT2D eigenvalue weighted by molar-refractivity contribution is 0.476. The Bertz CT molecular complexity index is 730. The van der Waals surface area contributed by atoms with Crippen molar-refractivity contribution in [3.63, 3.8) is 0 Å². The molecular weight excluding hydrogens is 315 g/mol. The summed E-state index contributed by atoms with van der Waals surface area (Å²) in [5.74, 6) is -1.30. The van der Waals surface area contributed by atoms with Crippen molar-refractivity contribution in [2.24, 2.45) is 0 Å². The minimum Gasteiger partial charge on any atom is -0.504 e. The van der Waals surface area contributed by atoms with Gasteiger partial charge >= 0.3 is 0 Å². The second-order valence-electron chi connectivity index (χ2n) is 3.59. The second kappa shape index (κ2) is 4.95. The predicted octanol–water partition coefficient (Wildman–Crippen LogP) is 2.75. The molecule has 2 aromatic rings. The van der Waals surface area contributed by atoms with Crippen molar-refractivity contribution >= 4 is 38.6 Å². The van der Waals surface area contributed by atoms with Crippen LogP contribution in [0.2, 0.25) is 5.02 Å². The van der Waals surface area contributed by atoms with Gasteiger partial charge in [-0.1, -0.05) is 11.6 Å². The normalized spacial score (nSPS) is 11.5. The maximum absolute atomic E-state index is 13.1. The number of anilines is 1. The Kier molecular flexibility index (Phi) is 3.66. The highest BCUT2D eigenvalue weighted by molar-refractivity contribution is 7.94. The van der Waals surface area contributed by atoms with Crippen LogP contribution in [0.4, 0.5) is 10.1 Å². The number of rotatable bonds is 3. The summed E-state index contributed by atoms with van der Waals surface area (Å²) in [7, 11) is -3.93. The average molecular weight is 323 g/mol. The molecule has 1 aromatic carbocycles. The molecule has 0 radical (unpaired) electrons. The van der Waals surface area contributed by atoms with Gasteiger partial charge in [-0.3, -0.25) is 4.72 Å². The first kappa shape index (κ1) is 14.0. The van der Waals surface area contributed by atoms with Crippen molar-refractivity contribution in [1.29, 1.82) is 0 Å². The van der Waals surface area contributed by atoms with Gasteiger partial charge in [-0.05, 0) is 13.0 Å². The summed E-state index contributed by atoms with van der Waals surface area (Å²) in [6.07, 6.45) is 1.18. The van der Waals surface area contributed by atoms with Crippen molar-refractivity contribution in [3.8, 4) is 5.75 Å². The van der Waals surface area contributed by atoms with Gasteiger partial charge in [0.1, 0.15) is 5.82 Å². The number of aromatic nitrogens is 1. The molecule has 0 aliphatic carbocycles. The molecule has 0 amide bonds. The molecule has 0 saturated heterocycles. The van der Waals surface area contributed by atoms with Crippen molar-refractivity contribution < 1.29 is 17.9 Å². The quantitative estimate of drug-likeness (QED) is 0.852. The van der Waals surface area contributed by atoms with E-state index in [9.17, 15) is 17.9 Å². The summed E-state index contributed by atoms with van der Waals surface area (Å²) in [4.78, 5) is 3.82. The molecule has 0 aliphatic rings. The van der Waals surface area contributed by atoms with Crippen molar-refractivity contribution in [1.82, 2.24) is 4.98 Å². The van der Waals surface area contributed by atoms with Crippen LogP contribution in [0.5, 0.6) is 5.75 Å². The zero-order chi connectivity index (χ0) is 14.2. The maximum atomic E-state index is 13.1. The zero-order valence-electron chi connectivity index (χ0n) is 9.52. The van der Waals surface area contributed by atoms with E-state index in [4.69, 9.17) is 11.6 Å². The Hall–Kier alpha value is -1.38. The molecule has 0 unspecified atom stereocenters. The highest BCUT2D eigenvalue weighted by atomic mass is 35.5. The highest BCUT2D eigenvalue weighted by Crippen LogP contribution is 2.34. The molecule has 2 rings (SSSR count). The summed E-state index contributed by atoms with van der Waals surface area (Å²) < 4.78 is 39.1.